The highest BCUT2D eigenvalue weighted by Crippen LogP contribution is 2.37. The molecule has 9 heteroatoms. The summed E-state index contributed by atoms with van der Waals surface area (Å²) in [5, 5.41) is 5.14. The summed E-state index contributed by atoms with van der Waals surface area (Å²) in [7, 11) is 0. The fraction of sp³-hybridized carbons (Fsp3) is 0.130. The molecular formula is C23H18Br2Cl2N2O3. The molecule has 3 aromatic carbocycles. The zero-order valence-corrected chi connectivity index (χ0v) is 21.6. The Bertz CT molecular complexity index is 1160. The highest BCUT2D eigenvalue weighted by Gasteiger charge is 2.14. The highest BCUT2D eigenvalue weighted by molar-refractivity contribution is 9.10. The maximum absolute atomic E-state index is 12.3. The number of nitrogens with one attached hydrogen (secondary N) is 1. The molecule has 0 aliphatic carbocycles. The van der Waals surface area contributed by atoms with Gasteiger partial charge in [-0.2, -0.15) is 5.10 Å². The minimum Gasteiger partial charge on any atom is -0.490 e. The number of hydrogen-bond donors (Lipinski definition) is 1. The molecule has 0 unspecified atom stereocenters. The third kappa shape index (κ3) is 6.48. The molecule has 0 radical (unpaired) electrons. The molecule has 0 saturated carbocycles. The van der Waals surface area contributed by atoms with Gasteiger partial charge in [0.1, 0.15) is 6.61 Å². The van der Waals surface area contributed by atoms with E-state index in [9.17, 15) is 4.79 Å². The highest BCUT2D eigenvalue weighted by atomic mass is 79.9. The number of ether oxygens (including phenoxy) is 2. The van der Waals surface area contributed by atoms with Gasteiger partial charge < -0.3 is 9.47 Å². The topological polar surface area (TPSA) is 59.9 Å². The second kappa shape index (κ2) is 11.7. The SMILES string of the molecule is CCOc1cc(/C=N/NC(=O)c2ccccc2Br)cc(Br)c1OCc1ccc(Cl)cc1Cl. The zero-order valence-electron chi connectivity index (χ0n) is 16.9. The second-order valence-corrected chi connectivity index (χ2v) is 9.02. The first-order chi connectivity index (χ1) is 15.4. The van der Waals surface area contributed by atoms with Crippen LogP contribution in [0.15, 0.2) is 68.6 Å². The Labute approximate surface area is 213 Å². The van der Waals surface area contributed by atoms with E-state index in [1.807, 2.05) is 25.1 Å². The number of carbonyl (C=O) groups is 1. The predicted octanol–water partition coefficient (Wildman–Crippen LogP) is 7.26. The molecule has 0 bridgehead atoms. The van der Waals surface area contributed by atoms with Crippen molar-refractivity contribution in [3.63, 3.8) is 0 Å². The molecule has 5 nitrogen and oxygen atoms in total. The Balaban J connectivity index is 1.75. The minimum atomic E-state index is -0.322. The van der Waals surface area contributed by atoms with Gasteiger partial charge in [0.25, 0.3) is 5.91 Å². The van der Waals surface area contributed by atoms with Crippen molar-refractivity contribution in [2.45, 2.75) is 13.5 Å². The number of halogens is 4. The molecule has 0 atom stereocenters. The van der Waals surface area contributed by atoms with E-state index in [0.717, 1.165) is 5.56 Å². The van der Waals surface area contributed by atoms with Gasteiger partial charge in [0.15, 0.2) is 11.5 Å². The van der Waals surface area contributed by atoms with Gasteiger partial charge in [-0.3, -0.25) is 4.79 Å². The summed E-state index contributed by atoms with van der Waals surface area (Å²) in [6.45, 7) is 2.57. The van der Waals surface area contributed by atoms with Crippen LogP contribution in [0.1, 0.15) is 28.4 Å². The molecule has 0 heterocycles. The molecular weight excluding hydrogens is 583 g/mol. The van der Waals surface area contributed by atoms with Gasteiger partial charge in [0.2, 0.25) is 0 Å². The number of rotatable bonds is 8. The first-order valence-electron chi connectivity index (χ1n) is 9.50. The van der Waals surface area contributed by atoms with Crippen molar-refractivity contribution < 1.29 is 14.3 Å². The lowest BCUT2D eigenvalue weighted by Gasteiger charge is -2.15. The average Bonchev–Trinajstić information content (AvgIpc) is 2.75. The molecule has 0 spiro atoms. The largest absolute Gasteiger partial charge is 0.490 e. The van der Waals surface area contributed by atoms with Crippen molar-refractivity contribution in [2.24, 2.45) is 5.10 Å². The smallest absolute Gasteiger partial charge is 0.272 e. The molecule has 1 amide bonds. The van der Waals surface area contributed by atoms with Crippen molar-refractivity contribution in [1.82, 2.24) is 5.43 Å². The first kappa shape index (κ1) is 24.6. The minimum absolute atomic E-state index is 0.240. The molecule has 0 saturated heterocycles. The summed E-state index contributed by atoms with van der Waals surface area (Å²) in [5.74, 6) is 0.746. The van der Waals surface area contributed by atoms with Crippen LogP contribution < -0.4 is 14.9 Å². The van der Waals surface area contributed by atoms with Crippen LogP contribution in [0.4, 0.5) is 0 Å². The zero-order chi connectivity index (χ0) is 23.1. The van der Waals surface area contributed by atoms with E-state index in [2.05, 4.69) is 42.4 Å². The average molecular weight is 601 g/mol. The Hall–Kier alpha value is -2.06. The number of benzene rings is 3. The Morgan fingerprint density at radius 3 is 2.56 bits per heavy atom. The van der Waals surface area contributed by atoms with Gasteiger partial charge in [-0.25, -0.2) is 5.43 Å². The second-order valence-electron chi connectivity index (χ2n) is 6.47. The lowest BCUT2D eigenvalue weighted by molar-refractivity contribution is 0.0954. The van der Waals surface area contributed by atoms with Crippen LogP contribution in [-0.2, 0) is 6.61 Å². The molecule has 166 valence electrons. The van der Waals surface area contributed by atoms with E-state index in [4.69, 9.17) is 32.7 Å². The molecule has 0 aromatic heterocycles. The van der Waals surface area contributed by atoms with Crippen molar-refractivity contribution in [1.29, 1.82) is 0 Å². The van der Waals surface area contributed by atoms with Gasteiger partial charge in [0, 0.05) is 20.1 Å². The van der Waals surface area contributed by atoms with E-state index in [0.29, 0.717) is 48.2 Å². The maximum Gasteiger partial charge on any atom is 0.272 e. The number of hydrazone groups is 1. The molecule has 3 rings (SSSR count). The molecule has 1 N–H and O–H groups in total. The first-order valence-corrected chi connectivity index (χ1v) is 11.8. The van der Waals surface area contributed by atoms with Gasteiger partial charge in [-0.15, -0.1) is 0 Å². The standard InChI is InChI=1S/C23H18Br2Cl2N2O3/c1-2-31-21-10-14(12-28-29-23(30)17-5-3-4-6-18(17)24)9-19(25)22(21)32-13-15-7-8-16(26)11-20(15)27/h3-12H,2,13H2,1H3,(H,29,30)/b28-12+. The molecule has 3 aromatic rings. The van der Waals surface area contributed by atoms with Crippen molar-refractivity contribution in [3.8, 4) is 11.5 Å². The van der Waals surface area contributed by atoms with Crippen molar-refractivity contribution in [3.05, 3.63) is 90.3 Å². The van der Waals surface area contributed by atoms with Gasteiger partial charge in [0.05, 0.1) is 22.9 Å². The van der Waals surface area contributed by atoms with Crippen molar-refractivity contribution >= 4 is 67.2 Å². The number of carbonyl (C=O) groups excluding carboxylic acids is 1. The lowest BCUT2D eigenvalue weighted by atomic mass is 10.2. The maximum atomic E-state index is 12.3. The summed E-state index contributed by atoms with van der Waals surface area (Å²) in [5.41, 5.74) is 4.52. The normalized spacial score (nSPS) is 10.9. The molecule has 0 aliphatic heterocycles. The number of amides is 1. The van der Waals surface area contributed by atoms with Crippen LogP contribution in [0.2, 0.25) is 10.0 Å². The van der Waals surface area contributed by atoms with E-state index in [1.165, 1.54) is 6.21 Å². The monoisotopic (exact) mass is 598 g/mol. The Morgan fingerprint density at radius 1 is 1.06 bits per heavy atom. The third-order valence-electron chi connectivity index (χ3n) is 4.22. The fourth-order valence-corrected chi connectivity index (χ4v) is 4.23. The molecule has 0 aliphatic rings. The molecule has 32 heavy (non-hydrogen) atoms. The quantitative estimate of drug-likeness (QED) is 0.219. The lowest BCUT2D eigenvalue weighted by Crippen LogP contribution is -2.18. The van der Waals surface area contributed by atoms with Crippen LogP contribution >= 0.6 is 55.1 Å². The predicted molar refractivity (Wildman–Crippen MR) is 135 cm³/mol. The summed E-state index contributed by atoms with van der Waals surface area (Å²) in [6.07, 6.45) is 1.53. The van der Waals surface area contributed by atoms with E-state index >= 15 is 0 Å². The van der Waals surface area contributed by atoms with Crippen LogP contribution in [-0.4, -0.2) is 18.7 Å². The van der Waals surface area contributed by atoms with Crippen LogP contribution in [0.3, 0.4) is 0 Å². The Kier molecular flexibility index (Phi) is 8.99. The van der Waals surface area contributed by atoms with E-state index in [1.54, 1.807) is 36.4 Å². The van der Waals surface area contributed by atoms with Gasteiger partial charge in [-0.05, 0) is 80.7 Å². The third-order valence-corrected chi connectivity index (χ3v) is 6.08. The van der Waals surface area contributed by atoms with Crippen molar-refractivity contribution in [2.75, 3.05) is 6.61 Å². The summed E-state index contributed by atoms with van der Waals surface area (Å²) in [4.78, 5) is 12.3. The summed E-state index contributed by atoms with van der Waals surface area (Å²) >= 11 is 19.1. The van der Waals surface area contributed by atoms with E-state index < -0.39 is 0 Å². The summed E-state index contributed by atoms with van der Waals surface area (Å²) < 4.78 is 13.1. The summed E-state index contributed by atoms with van der Waals surface area (Å²) in [6, 6.07) is 15.9. The van der Waals surface area contributed by atoms with Gasteiger partial charge >= 0.3 is 0 Å². The van der Waals surface area contributed by atoms with Crippen LogP contribution in [0.5, 0.6) is 11.5 Å². The fourth-order valence-electron chi connectivity index (χ4n) is 2.73. The van der Waals surface area contributed by atoms with E-state index in [-0.39, 0.29) is 12.5 Å². The van der Waals surface area contributed by atoms with Gasteiger partial charge in [-0.1, -0.05) is 41.4 Å². The number of hydrogen-bond acceptors (Lipinski definition) is 4. The molecule has 0 fully saturated rings. The Morgan fingerprint density at radius 2 is 1.84 bits per heavy atom. The van der Waals surface area contributed by atoms with Crippen LogP contribution in [0.25, 0.3) is 0 Å². The van der Waals surface area contributed by atoms with Crippen LogP contribution in [0, 0.1) is 0 Å². The number of nitrogens with zero attached hydrogens (tertiary/aromatic N) is 1.